The fourth-order valence-electron chi connectivity index (χ4n) is 2.57. The smallest absolute Gasteiger partial charge is 0.0649 e. The van der Waals surface area contributed by atoms with Gasteiger partial charge in [-0.1, -0.05) is 32.0 Å². The molecule has 0 radical (unpaired) electrons. The summed E-state index contributed by atoms with van der Waals surface area (Å²) in [5.74, 6) is 0. The molecule has 0 spiro atoms. The summed E-state index contributed by atoms with van der Waals surface area (Å²) in [5, 5.41) is 2.14. The van der Waals surface area contributed by atoms with Crippen molar-refractivity contribution in [1.29, 1.82) is 0 Å². The second-order valence-corrected chi connectivity index (χ2v) is 7.08. The third-order valence-corrected chi connectivity index (χ3v) is 5.98. The van der Waals surface area contributed by atoms with Crippen molar-refractivity contribution in [3.05, 3.63) is 57.3 Å². The minimum absolute atomic E-state index is 0.000972. The highest BCUT2D eigenvalue weighted by Crippen LogP contribution is 2.36. The highest BCUT2D eigenvalue weighted by atomic mass is 32.1. The molecule has 2 N–H and O–H groups in total. The van der Waals surface area contributed by atoms with Crippen molar-refractivity contribution >= 4 is 32.1 Å². The molecular weight excluding hydrogens is 282 g/mol. The topological polar surface area (TPSA) is 26.0 Å². The molecule has 0 aliphatic carbocycles. The van der Waals surface area contributed by atoms with E-state index in [1.807, 2.05) is 11.3 Å². The minimum Gasteiger partial charge on any atom is -0.320 e. The highest BCUT2D eigenvalue weighted by molar-refractivity contribution is 7.27. The number of thiophene rings is 2. The van der Waals surface area contributed by atoms with Gasteiger partial charge in [0.1, 0.15) is 0 Å². The molecule has 1 aromatic carbocycles. The lowest BCUT2D eigenvalue weighted by molar-refractivity contribution is 0.864. The largest absolute Gasteiger partial charge is 0.320 e. The number of nitrogens with two attached hydrogens (primary N) is 1. The Kier molecular flexibility index (Phi) is 3.92. The van der Waals surface area contributed by atoms with Gasteiger partial charge in [0.05, 0.1) is 6.04 Å². The van der Waals surface area contributed by atoms with Gasteiger partial charge in [-0.3, -0.25) is 0 Å². The van der Waals surface area contributed by atoms with Crippen LogP contribution in [-0.4, -0.2) is 0 Å². The van der Waals surface area contributed by atoms with Crippen LogP contribution in [0.25, 0.3) is 9.40 Å². The molecule has 0 amide bonds. The number of aryl methyl sites for hydroxylation is 2. The summed E-state index contributed by atoms with van der Waals surface area (Å²) >= 11 is 3.62. The number of hydrogen-bond acceptors (Lipinski definition) is 3. The first-order valence-corrected chi connectivity index (χ1v) is 8.76. The molecule has 0 aliphatic heterocycles. The molecule has 3 rings (SSSR count). The SMILES string of the molecule is CCc1ccc(CC)c(C(N)c2cc3sccc3s2)c1. The molecule has 0 fully saturated rings. The number of benzene rings is 1. The van der Waals surface area contributed by atoms with E-state index in [0.29, 0.717) is 0 Å². The number of fused-ring (bicyclic) bond motifs is 1. The number of rotatable bonds is 4. The van der Waals surface area contributed by atoms with Crippen molar-refractivity contribution in [3.8, 4) is 0 Å². The summed E-state index contributed by atoms with van der Waals surface area (Å²) in [6.45, 7) is 4.39. The van der Waals surface area contributed by atoms with Gasteiger partial charge in [-0.25, -0.2) is 0 Å². The van der Waals surface area contributed by atoms with Crippen LogP contribution in [0.2, 0.25) is 0 Å². The van der Waals surface area contributed by atoms with Crippen LogP contribution in [0.3, 0.4) is 0 Å². The quantitative estimate of drug-likeness (QED) is 0.710. The predicted molar refractivity (Wildman–Crippen MR) is 90.9 cm³/mol. The molecule has 3 heteroatoms. The van der Waals surface area contributed by atoms with Gasteiger partial charge in [0.15, 0.2) is 0 Å². The Labute approximate surface area is 128 Å². The Morgan fingerprint density at radius 1 is 1.05 bits per heavy atom. The Morgan fingerprint density at radius 2 is 1.90 bits per heavy atom. The van der Waals surface area contributed by atoms with Crippen molar-refractivity contribution in [1.82, 2.24) is 0 Å². The maximum absolute atomic E-state index is 6.55. The van der Waals surface area contributed by atoms with Gasteiger partial charge in [-0.15, -0.1) is 22.7 Å². The zero-order chi connectivity index (χ0) is 14.1. The zero-order valence-electron chi connectivity index (χ0n) is 11.8. The van der Waals surface area contributed by atoms with Crippen molar-refractivity contribution in [2.24, 2.45) is 5.73 Å². The van der Waals surface area contributed by atoms with Gasteiger partial charge < -0.3 is 5.73 Å². The van der Waals surface area contributed by atoms with Gasteiger partial charge in [0, 0.05) is 14.3 Å². The van der Waals surface area contributed by atoms with Crippen molar-refractivity contribution in [3.63, 3.8) is 0 Å². The van der Waals surface area contributed by atoms with E-state index < -0.39 is 0 Å². The van der Waals surface area contributed by atoms with Crippen LogP contribution in [0.4, 0.5) is 0 Å². The second-order valence-electron chi connectivity index (χ2n) is 5.02. The number of hydrogen-bond donors (Lipinski definition) is 1. The van der Waals surface area contributed by atoms with Crippen LogP contribution in [0.1, 0.15) is 41.5 Å². The average molecular weight is 301 g/mol. The normalized spacial score (nSPS) is 12.9. The van der Waals surface area contributed by atoms with E-state index in [-0.39, 0.29) is 6.04 Å². The Morgan fingerprint density at radius 3 is 2.60 bits per heavy atom. The molecule has 20 heavy (non-hydrogen) atoms. The zero-order valence-corrected chi connectivity index (χ0v) is 13.5. The maximum atomic E-state index is 6.55. The summed E-state index contributed by atoms with van der Waals surface area (Å²) in [6, 6.07) is 11.2. The highest BCUT2D eigenvalue weighted by Gasteiger charge is 2.16. The Balaban J connectivity index is 2.04. The van der Waals surface area contributed by atoms with Gasteiger partial charge in [0.2, 0.25) is 0 Å². The molecule has 104 valence electrons. The lowest BCUT2D eigenvalue weighted by Crippen LogP contribution is -2.13. The Bertz CT molecular complexity index is 695. The monoisotopic (exact) mass is 301 g/mol. The molecule has 1 atom stereocenters. The molecule has 3 aromatic rings. The van der Waals surface area contributed by atoms with E-state index in [0.717, 1.165) is 12.8 Å². The minimum atomic E-state index is 0.000972. The van der Waals surface area contributed by atoms with Crippen LogP contribution < -0.4 is 5.73 Å². The summed E-state index contributed by atoms with van der Waals surface area (Å²) in [7, 11) is 0. The average Bonchev–Trinajstić information content (AvgIpc) is 3.07. The van der Waals surface area contributed by atoms with Gasteiger partial charge in [-0.05, 0) is 47.0 Å². The molecule has 2 heterocycles. The van der Waals surface area contributed by atoms with E-state index in [2.05, 4.69) is 49.6 Å². The lowest BCUT2D eigenvalue weighted by Gasteiger charge is -2.16. The Hall–Kier alpha value is -1.16. The molecule has 0 saturated carbocycles. The van der Waals surface area contributed by atoms with Crippen LogP contribution in [0.5, 0.6) is 0 Å². The second kappa shape index (κ2) is 5.68. The third kappa shape index (κ3) is 2.41. The molecule has 0 saturated heterocycles. The fourth-order valence-corrected chi connectivity index (χ4v) is 4.71. The van der Waals surface area contributed by atoms with Gasteiger partial charge >= 0.3 is 0 Å². The van der Waals surface area contributed by atoms with E-state index in [1.165, 1.54) is 31.0 Å². The standard InChI is InChI=1S/C17H19NS2/c1-3-11-5-6-12(4-2)13(9-11)17(18)16-10-15-14(20-16)7-8-19-15/h5-10,17H,3-4,18H2,1-2H3. The van der Waals surface area contributed by atoms with E-state index in [1.54, 1.807) is 11.3 Å². The van der Waals surface area contributed by atoms with Crippen LogP contribution >= 0.6 is 22.7 Å². The van der Waals surface area contributed by atoms with Crippen LogP contribution in [0, 0.1) is 0 Å². The summed E-state index contributed by atoms with van der Waals surface area (Å²) < 4.78 is 2.70. The molecule has 0 bridgehead atoms. The fraction of sp³-hybridized carbons (Fsp3) is 0.294. The molecule has 2 aromatic heterocycles. The van der Waals surface area contributed by atoms with Gasteiger partial charge in [-0.2, -0.15) is 0 Å². The molecule has 1 nitrogen and oxygen atoms in total. The van der Waals surface area contributed by atoms with Crippen molar-refractivity contribution in [2.75, 3.05) is 0 Å². The van der Waals surface area contributed by atoms with Crippen LogP contribution in [0.15, 0.2) is 35.7 Å². The first kappa shape index (κ1) is 13.8. The van der Waals surface area contributed by atoms with Crippen molar-refractivity contribution in [2.45, 2.75) is 32.7 Å². The summed E-state index contributed by atoms with van der Waals surface area (Å²) in [4.78, 5) is 1.27. The van der Waals surface area contributed by atoms with Crippen molar-refractivity contribution < 1.29 is 0 Å². The lowest BCUT2D eigenvalue weighted by atomic mass is 9.95. The molecular formula is C17H19NS2. The first-order chi connectivity index (χ1) is 9.72. The van der Waals surface area contributed by atoms with Gasteiger partial charge in [0.25, 0.3) is 0 Å². The van der Waals surface area contributed by atoms with E-state index >= 15 is 0 Å². The van der Waals surface area contributed by atoms with E-state index in [9.17, 15) is 0 Å². The third-order valence-electron chi connectivity index (χ3n) is 3.80. The molecule has 0 aliphatic rings. The summed E-state index contributed by atoms with van der Waals surface area (Å²) in [5.41, 5.74) is 10.6. The molecule has 1 unspecified atom stereocenters. The van der Waals surface area contributed by atoms with E-state index in [4.69, 9.17) is 5.73 Å². The predicted octanol–water partition coefficient (Wildman–Crippen LogP) is 5.14. The first-order valence-electron chi connectivity index (χ1n) is 7.07. The summed E-state index contributed by atoms with van der Waals surface area (Å²) in [6.07, 6.45) is 2.09. The maximum Gasteiger partial charge on any atom is 0.0649 e. The van der Waals surface area contributed by atoms with Crippen LogP contribution in [-0.2, 0) is 12.8 Å².